The average molecular weight is 759 g/mol. The minimum absolute atomic E-state index is 0.0183. The molecule has 1 aliphatic rings. The molecule has 1 saturated heterocycles. The molecule has 0 saturated carbocycles. The maximum Gasteiger partial charge on any atom is 0.306 e. The molecule has 53 heavy (non-hydrogen) atoms. The molecular formula is C44H86O9. The third-order valence-corrected chi connectivity index (χ3v) is 11.1. The van der Waals surface area contributed by atoms with Gasteiger partial charge < -0.3 is 39.7 Å². The molecule has 5 N–H and O–H groups in total. The molecule has 0 spiro atoms. The van der Waals surface area contributed by atoms with Gasteiger partial charge in [-0.1, -0.05) is 187 Å². The molecule has 1 heterocycles. The van der Waals surface area contributed by atoms with Crippen molar-refractivity contribution >= 4 is 5.97 Å². The number of ether oxygens (including phenoxy) is 3. The van der Waals surface area contributed by atoms with Crippen molar-refractivity contribution in [1.29, 1.82) is 0 Å². The number of carbonyl (C=O) groups excluding carboxylic acids is 1. The fraction of sp³-hybridized carbons (Fsp3) is 0.977. The largest absolute Gasteiger partial charge is 0.460 e. The SMILES string of the molecule is CCCCCCCCCCCCCCCCCCCC(=O)OC(CCCCCCCCCCCCCC)C(O)CCO[C@H]1O[C@H](CO)[C@H](O)[C@H](O)[C@H]1O. The Balaban J connectivity index is 2.31. The Labute approximate surface area is 325 Å². The van der Waals surface area contributed by atoms with Crippen molar-refractivity contribution in [3.8, 4) is 0 Å². The lowest BCUT2D eigenvalue weighted by atomic mass is 9.99. The number of hydrogen-bond acceptors (Lipinski definition) is 9. The van der Waals surface area contributed by atoms with E-state index in [1.807, 2.05) is 0 Å². The van der Waals surface area contributed by atoms with Gasteiger partial charge in [0, 0.05) is 12.8 Å². The molecule has 0 aromatic rings. The van der Waals surface area contributed by atoms with Crippen LogP contribution < -0.4 is 0 Å². The van der Waals surface area contributed by atoms with E-state index in [1.165, 1.54) is 148 Å². The Kier molecular flexibility index (Phi) is 33.7. The van der Waals surface area contributed by atoms with Gasteiger partial charge >= 0.3 is 5.97 Å². The van der Waals surface area contributed by atoms with Crippen LogP contribution in [0.5, 0.6) is 0 Å². The van der Waals surface area contributed by atoms with Crippen molar-refractivity contribution in [2.45, 2.75) is 262 Å². The Morgan fingerprint density at radius 2 is 0.943 bits per heavy atom. The molecule has 0 aromatic heterocycles. The summed E-state index contributed by atoms with van der Waals surface area (Å²) in [5.41, 5.74) is 0. The van der Waals surface area contributed by atoms with Gasteiger partial charge in [-0.3, -0.25) is 4.79 Å². The molecule has 9 heteroatoms. The summed E-state index contributed by atoms with van der Waals surface area (Å²) in [5.74, 6) is -0.274. The fourth-order valence-electron chi connectivity index (χ4n) is 7.43. The number of carbonyl (C=O) groups is 1. The van der Waals surface area contributed by atoms with Crippen LogP contribution in [-0.2, 0) is 19.0 Å². The van der Waals surface area contributed by atoms with Crippen molar-refractivity contribution in [2.75, 3.05) is 13.2 Å². The molecule has 0 amide bonds. The van der Waals surface area contributed by atoms with E-state index >= 15 is 0 Å². The van der Waals surface area contributed by atoms with E-state index in [0.717, 1.165) is 38.5 Å². The third kappa shape index (κ3) is 26.6. The van der Waals surface area contributed by atoms with Crippen LogP contribution in [0.25, 0.3) is 0 Å². The van der Waals surface area contributed by atoms with E-state index in [1.54, 1.807) is 0 Å². The molecular weight excluding hydrogens is 672 g/mol. The molecule has 0 aliphatic carbocycles. The summed E-state index contributed by atoms with van der Waals surface area (Å²) < 4.78 is 16.9. The Morgan fingerprint density at radius 3 is 1.36 bits per heavy atom. The van der Waals surface area contributed by atoms with Gasteiger partial charge in [0.2, 0.25) is 0 Å². The van der Waals surface area contributed by atoms with Gasteiger partial charge in [0.15, 0.2) is 6.29 Å². The fourth-order valence-corrected chi connectivity index (χ4v) is 7.43. The molecule has 1 aliphatic heterocycles. The smallest absolute Gasteiger partial charge is 0.306 e. The van der Waals surface area contributed by atoms with Gasteiger partial charge in [-0.25, -0.2) is 0 Å². The van der Waals surface area contributed by atoms with Crippen LogP contribution in [0, 0.1) is 0 Å². The second-order valence-corrected chi connectivity index (χ2v) is 16.0. The second-order valence-electron chi connectivity index (χ2n) is 16.0. The van der Waals surface area contributed by atoms with Crippen LogP contribution in [0.15, 0.2) is 0 Å². The normalized spacial score (nSPS) is 21.5. The lowest BCUT2D eigenvalue weighted by molar-refractivity contribution is -0.302. The van der Waals surface area contributed by atoms with Crippen LogP contribution in [-0.4, -0.2) is 87.6 Å². The minimum atomic E-state index is -1.52. The Bertz CT molecular complexity index is 797. The van der Waals surface area contributed by atoms with Crippen LogP contribution in [0.2, 0.25) is 0 Å². The zero-order chi connectivity index (χ0) is 38.8. The summed E-state index contributed by atoms with van der Waals surface area (Å²) in [6.45, 7) is 3.96. The topological polar surface area (TPSA) is 146 Å². The maximum atomic E-state index is 12.8. The van der Waals surface area contributed by atoms with Gasteiger partial charge in [0.05, 0.1) is 19.3 Å². The maximum absolute atomic E-state index is 12.8. The predicted octanol–water partition coefficient (Wildman–Crippen LogP) is 9.60. The highest BCUT2D eigenvalue weighted by Crippen LogP contribution is 2.23. The first-order valence-electron chi connectivity index (χ1n) is 22.6. The first kappa shape index (κ1) is 50.2. The predicted molar refractivity (Wildman–Crippen MR) is 215 cm³/mol. The average Bonchev–Trinajstić information content (AvgIpc) is 3.15. The highest BCUT2D eigenvalue weighted by molar-refractivity contribution is 5.69. The lowest BCUT2D eigenvalue weighted by Gasteiger charge is -2.39. The molecule has 0 radical (unpaired) electrons. The van der Waals surface area contributed by atoms with Crippen molar-refractivity contribution in [2.24, 2.45) is 0 Å². The number of aliphatic hydroxyl groups excluding tert-OH is 5. The number of hydrogen-bond donors (Lipinski definition) is 5. The minimum Gasteiger partial charge on any atom is -0.460 e. The molecule has 9 nitrogen and oxygen atoms in total. The van der Waals surface area contributed by atoms with E-state index in [2.05, 4.69) is 13.8 Å². The first-order valence-corrected chi connectivity index (χ1v) is 22.6. The summed E-state index contributed by atoms with van der Waals surface area (Å²) in [4.78, 5) is 12.8. The van der Waals surface area contributed by atoms with E-state index in [9.17, 15) is 30.3 Å². The zero-order valence-corrected chi connectivity index (χ0v) is 34.5. The number of aliphatic hydroxyl groups is 5. The molecule has 7 atom stereocenters. The Hall–Kier alpha value is -0.810. The third-order valence-electron chi connectivity index (χ3n) is 11.1. The van der Waals surface area contributed by atoms with Crippen molar-refractivity contribution in [1.82, 2.24) is 0 Å². The first-order chi connectivity index (χ1) is 25.8. The van der Waals surface area contributed by atoms with E-state index in [0.29, 0.717) is 12.8 Å². The molecule has 1 rings (SSSR count). The molecule has 0 aromatic carbocycles. The van der Waals surface area contributed by atoms with Gasteiger partial charge in [-0.2, -0.15) is 0 Å². The van der Waals surface area contributed by atoms with E-state index in [4.69, 9.17) is 14.2 Å². The van der Waals surface area contributed by atoms with Crippen molar-refractivity contribution in [3.63, 3.8) is 0 Å². The summed E-state index contributed by atoms with van der Waals surface area (Å²) >= 11 is 0. The lowest BCUT2D eigenvalue weighted by Crippen LogP contribution is -2.59. The van der Waals surface area contributed by atoms with Crippen LogP contribution in [0.4, 0.5) is 0 Å². The summed E-state index contributed by atoms with van der Waals surface area (Å²) in [6, 6.07) is 0. The number of unbranched alkanes of at least 4 members (excludes halogenated alkanes) is 27. The summed E-state index contributed by atoms with van der Waals surface area (Å²) in [6.07, 6.45) is 29.3. The van der Waals surface area contributed by atoms with Gasteiger partial charge in [0.1, 0.15) is 30.5 Å². The van der Waals surface area contributed by atoms with Crippen molar-refractivity contribution < 1.29 is 44.5 Å². The van der Waals surface area contributed by atoms with Gasteiger partial charge in [-0.05, 0) is 19.3 Å². The monoisotopic (exact) mass is 759 g/mol. The molecule has 0 bridgehead atoms. The second kappa shape index (κ2) is 35.6. The molecule has 2 unspecified atom stereocenters. The van der Waals surface area contributed by atoms with Crippen LogP contribution in [0.1, 0.15) is 219 Å². The molecule has 316 valence electrons. The Morgan fingerprint density at radius 1 is 0.547 bits per heavy atom. The summed E-state index contributed by atoms with van der Waals surface area (Å²) in [5, 5.41) is 50.8. The highest BCUT2D eigenvalue weighted by Gasteiger charge is 2.44. The highest BCUT2D eigenvalue weighted by atomic mass is 16.7. The quantitative estimate of drug-likeness (QED) is 0.0307. The van der Waals surface area contributed by atoms with Gasteiger partial charge in [-0.15, -0.1) is 0 Å². The summed E-state index contributed by atoms with van der Waals surface area (Å²) in [7, 11) is 0. The van der Waals surface area contributed by atoms with Crippen LogP contribution >= 0.6 is 0 Å². The van der Waals surface area contributed by atoms with E-state index in [-0.39, 0.29) is 19.0 Å². The van der Waals surface area contributed by atoms with Crippen molar-refractivity contribution in [3.05, 3.63) is 0 Å². The standard InChI is InChI=1S/C44H86O9/c1-3-5-7-9-11-13-15-17-18-19-20-21-23-25-27-29-31-33-40(47)52-38(32-30-28-26-24-22-16-14-12-10-8-6-4-2)37(46)34-35-51-44-43(50)42(49)41(48)39(36-45)53-44/h37-39,41-46,48-50H,3-36H2,1-2H3/t37?,38?,39-,41+,42+,43-,44+/m1/s1. The zero-order valence-electron chi connectivity index (χ0n) is 34.5. The van der Waals surface area contributed by atoms with E-state index < -0.39 is 49.5 Å². The van der Waals surface area contributed by atoms with Crippen LogP contribution in [0.3, 0.4) is 0 Å². The number of rotatable bonds is 38. The molecule has 1 fully saturated rings. The van der Waals surface area contributed by atoms with Gasteiger partial charge in [0.25, 0.3) is 0 Å². The number of esters is 1.